The second-order valence-corrected chi connectivity index (χ2v) is 7.47. The average molecular weight is 462 g/mol. The van der Waals surface area contributed by atoms with E-state index in [1.807, 2.05) is 0 Å². The van der Waals surface area contributed by atoms with Gasteiger partial charge in [0.2, 0.25) is 0 Å². The monoisotopic (exact) mass is 462 g/mol. The lowest BCUT2D eigenvalue weighted by molar-refractivity contribution is -0.143. The fourth-order valence-corrected chi connectivity index (χ4v) is 3.35. The summed E-state index contributed by atoms with van der Waals surface area (Å²) in [6.45, 7) is 3.00. The SMILES string of the molecule is Cc1cc(-c2cc(C)cc(C(F)(F)F)c2)cc(-c2cc(C(F)(F)F)cc(C(F)(F)F)c2)c1. The van der Waals surface area contributed by atoms with Gasteiger partial charge in [0.05, 0.1) is 16.7 Å². The smallest absolute Gasteiger partial charge is 0.166 e. The largest absolute Gasteiger partial charge is 0.416 e. The summed E-state index contributed by atoms with van der Waals surface area (Å²) < 4.78 is 119. The van der Waals surface area contributed by atoms with Crippen molar-refractivity contribution in [3.8, 4) is 22.3 Å². The molecule has 0 spiro atoms. The Hall–Kier alpha value is -2.97. The standard InChI is InChI=1S/C23H15F9/c1-12-3-14(16-5-13(2)6-18(8-16)21(24,25)26)7-15(4-12)17-9-19(22(27,28)29)11-20(10-17)23(30,31)32/h3-11H,1-2H3. The van der Waals surface area contributed by atoms with E-state index in [0.717, 1.165) is 12.1 Å². The molecule has 0 radical (unpaired) electrons. The highest BCUT2D eigenvalue weighted by Crippen LogP contribution is 2.40. The van der Waals surface area contributed by atoms with Crippen LogP contribution in [-0.2, 0) is 18.5 Å². The van der Waals surface area contributed by atoms with E-state index in [-0.39, 0.29) is 28.3 Å². The molecule has 3 aromatic rings. The van der Waals surface area contributed by atoms with Crippen molar-refractivity contribution in [3.05, 3.63) is 82.4 Å². The van der Waals surface area contributed by atoms with Crippen LogP contribution in [0.4, 0.5) is 39.5 Å². The van der Waals surface area contributed by atoms with Gasteiger partial charge in [-0.25, -0.2) is 0 Å². The Morgan fingerprint density at radius 3 is 1.03 bits per heavy atom. The van der Waals surface area contributed by atoms with Crippen LogP contribution in [0, 0.1) is 13.8 Å². The summed E-state index contributed by atoms with van der Waals surface area (Å²) >= 11 is 0. The third kappa shape index (κ3) is 5.26. The Morgan fingerprint density at radius 2 is 0.656 bits per heavy atom. The number of alkyl halides is 9. The predicted octanol–water partition coefficient (Wildman–Crippen LogP) is 8.69. The fourth-order valence-electron chi connectivity index (χ4n) is 3.35. The van der Waals surface area contributed by atoms with Crippen LogP contribution in [0.1, 0.15) is 27.8 Å². The van der Waals surface area contributed by atoms with E-state index in [1.54, 1.807) is 6.92 Å². The van der Waals surface area contributed by atoms with Crippen molar-refractivity contribution < 1.29 is 39.5 Å². The lowest BCUT2D eigenvalue weighted by Gasteiger charge is -2.16. The van der Waals surface area contributed by atoms with Gasteiger partial charge in [-0.3, -0.25) is 0 Å². The van der Waals surface area contributed by atoms with Crippen LogP contribution in [0.15, 0.2) is 54.6 Å². The Balaban J connectivity index is 2.22. The molecule has 0 amide bonds. The summed E-state index contributed by atoms with van der Waals surface area (Å²) in [6.07, 6.45) is -14.6. The van der Waals surface area contributed by atoms with Gasteiger partial charge in [0.15, 0.2) is 0 Å². The van der Waals surface area contributed by atoms with Gasteiger partial charge < -0.3 is 0 Å². The maximum atomic E-state index is 13.2. The first kappa shape index (κ1) is 23.7. The van der Waals surface area contributed by atoms with E-state index in [1.165, 1.54) is 31.2 Å². The molecule has 0 aliphatic rings. The minimum Gasteiger partial charge on any atom is -0.166 e. The molecule has 0 atom stereocenters. The van der Waals surface area contributed by atoms with Crippen molar-refractivity contribution in [2.75, 3.05) is 0 Å². The Bertz CT molecular complexity index is 1120. The van der Waals surface area contributed by atoms with Crippen LogP contribution in [0.5, 0.6) is 0 Å². The lowest BCUT2D eigenvalue weighted by Crippen LogP contribution is -2.11. The number of aryl methyl sites for hydroxylation is 2. The molecular formula is C23H15F9. The summed E-state index contributed by atoms with van der Waals surface area (Å²) in [6, 6.07) is 8.66. The molecule has 170 valence electrons. The number of hydrogen-bond acceptors (Lipinski definition) is 0. The third-order valence-corrected chi connectivity index (χ3v) is 4.74. The van der Waals surface area contributed by atoms with Crippen LogP contribution < -0.4 is 0 Å². The molecule has 32 heavy (non-hydrogen) atoms. The minimum absolute atomic E-state index is 0.0201. The molecule has 0 fully saturated rings. The van der Waals surface area contributed by atoms with E-state index in [9.17, 15) is 39.5 Å². The molecule has 9 heteroatoms. The van der Waals surface area contributed by atoms with Gasteiger partial charge in [-0.05, 0) is 83.6 Å². The number of benzene rings is 3. The van der Waals surface area contributed by atoms with Gasteiger partial charge in [-0.2, -0.15) is 39.5 Å². The van der Waals surface area contributed by atoms with Crippen molar-refractivity contribution >= 4 is 0 Å². The molecule has 0 heterocycles. The topological polar surface area (TPSA) is 0 Å². The zero-order valence-electron chi connectivity index (χ0n) is 16.6. The molecule has 0 aromatic heterocycles. The number of rotatable bonds is 2. The minimum atomic E-state index is -5.01. The first-order chi connectivity index (χ1) is 14.5. The predicted molar refractivity (Wildman–Crippen MR) is 102 cm³/mol. The first-order valence-electron chi connectivity index (χ1n) is 9.15. The summed E-state index contributed by atoms with van der Waals surface area (Å²) in [5.41, 5.74) is -3.04. The summed E-state index contributed by atoms with van der Waals surface area (Å²) in [5, 5.41) is 0. The number of halogens is 9. The van der Waals surface area contributed by atoms with E-state index >= 15 is 0 Å². The van der Waals surface area contributed by atoms with Crippen LogP contribution >= 0.6 is 0 Å². The van der Waals surface area contributed by atoms with Crippen LogP contribution in [0.3, 0.4) is 0 Å². The van der Waals surface area contributed by atoms with Crippen molar-refractivity contribution in [1.82, 2.24) is 0 Å². The molecule has 0 N–H and O–H groups in total. The summed E-state index contributed by atoms with van der Waals surface area (Å²) in [4.78, 5) is 0. The van der Waals surface area contributed by atoms with Crippen molar-refractivity contribution in [2.45, 2.75) is 32.4 Å². The molecule has 0 unspecified atom stereocenters. The zero-order valence-corrected chi connectivity index (χ0v) is 16.6. The molecule has 0 aliphatic heterocycles. The molecule has 0 aliphatic carbocycles. The van der Waals surface area contributed by atoms with Gasteiger partial charge >= 0.3 is 18.5 Å². The Labute approximate surface area is 177 Å². The maximum Gasteiger partial charge on any atom is 0.416 e. The quantitative estimate of drug-likeness (QED) is 0.334. The van der Waals surface area contributed by atoms with E-state index < -0.39 is 35.2 Å². The fraction of sp³-hybridized carbons (Fsp3) is 0.217. The Morgan fingerprint density at radius 1 is 0.375 bits per heavy atom. The Kier molecular flexibility index (Phi) is 5.82. The van der Waals surface area contributed by atoms with Gasteiger partial charge in [0.25, 0.3) is 0 Å². The van der Waals surface area contributed by atoms with Gasteiger partial charge in [-0.15, -0.1) is 0 Å². The van der Waals surface area contributed by atoms with Gasteiger partial charge in [0.1, 0.15) is 0 Å². The normalized spacial score (nSPS) is 12.8. The molecule has 0 saturated carbocycles. The second kappa shape index (κ2) is 7.86. The summed E-state index contributed by atoms with van der Waals surface area (Å²) in [5.74, 6) is 0. The highest BCUT2D eigenvalue weighted by atomic mass is 19.4. The molecule has 0 nitrogen and oxygen atoms in total. The average Bonchev–Trinajstić information content (AvgIpc) is 2.64. The van der Waals surface area contributed by atoms with Crippen LogP contribution in [0.25, 0.3) is 22.3 Å². The number of hydrogen-bond donors (Lipinski definition) is 0. The zero-order chi connectivity index (χ0) is 24.1. The molecule has 0 saturated heterocycles. The highest BCUT2D eigenvalue weighted by Gasteiger charge is 2.37. The first-order valence-corrected chi connectivity index (χ1v) is 9.15. The van der Waals surface area contributed by atoms with E-state index in [0.29, 0.717) is 23.3 Å². The van der Waals surface area contributed by atoms with Gasteiger partial charge in [-0.1, -0.05) is 18.2 Å². The highest BCUT2D eigenvalue weighted by molar-refractivity contribution is 5.75. The van der Waals surface area contributed by atoms with E-state index in [2.05, 4.69) is 0 Å². The van der Waals surface area contributed by atoms with Crippen LogP contribution in [0.2, 0.25) is 0 Å². The van der Waals surface area contributed by atoms with Crippen LogP contribution in [-0.4, -0.2) is 0 Å². The molecule has 3 rings (SSSR count). The lowest BCUT2D eigenvalue weighted by atomic mass is 9.93. The maximum absolute atomic E-state index is 13.2. The molecular weight excluding hydrogens is 447 g/mol. The second-order valence-electron chi connectivity index (χ2n) is 7.47. The van der Waals surface area contributed by atoms with Gasteiger partial charge in [0, 0.05) is 0 Å². The molecule has 3 aromatic carbocycles. The molecule has 0 bridgehead atoms. The summed E-state index contributed by atoms with van der Waals surface area (Å²) in [7, 11) is 0. The van der Waals surface area contributed by atoms with Crippen molar-refractivity contribution in [1.29, 1.82) is 0 Å². The third-order valence-electron chi connectivity index (χ3n) is 4.74. The van der Waals surface area contributed by atoms with Crippen molar-refractivity contribution in [3.63, 3.8) is 0 Å². The van der Waals surface area contributed by atoms with E-state index in [4.69, 9.17) is 0 Å². The van der Waals surface area contributed by atoms with Crippen molar-refractivity contribution in [2.24, 2.45) is 0 Å².